The van der Waals surface area contributed by atoms with Crippen LogP contribution < -0.4 is 5.32 Å². The number of hydrogen-bond acceptors (Lipinski definition) is 6. The Bertz CT molecular complexity index is 1100. The van der Waals surface area contributed by atoms with Crippen LogP contribution in [0.2, 0.25) is 5.02 Å². The van der Waals surface area contributed by atoms with Gasteiger partial charge in [0.2, 0.25) is 5.95 Å². The predicted octanol–water partition coefficient (Wildman–Crippen LogP) is 4.50. The normalized spacial score (nSPS) is 10.8. The Morgan fingerprint density at radius 2 is 1.88 bits per heavy atom. The zero-order valence-corrected chi connectivity index (χ0v) is 14.6. The number of aromatic nitrogens is 4. The number of rotatable bonds is 3. The SMILES string of the molecule is Cc1cc2nc(Nc3cccnc3)nnc2cc1-c1cc(O)ccc1Cl. The molecule has 0 radical (unpaired) electrons. The molecule has 4 aromatic rings. The molecule has 2 heterocycles. The third-order valence-corrected chi connectivity index (χ3v) is 4.29. The fourth-order valence-corrected chi connectivity index (χ4v) is 2.94. The number of aromatic hydroxyl groups is 1. The molecule has 26 heavy (non-hydrogen) atoms. The topological polar surface area (TPSA) is 83.8 Å². The van der Waals surface area contributed by atoms with Crippen molar-refractivity contribution in [3.63, 3.8) is 0 Å². The van der Waals surface area contributed by atoms with Crippen LogP contribution in [0.5, 0.6) is 5.75 Å². The molecule has 2 aromatic heterocycles. The van der Waals surface area contributed by atoms with E-state index in [4.69, 9.17) is 11.6 Å². The lowest BCUT2D eigenvalue weighted by Gasteiger charge is -2.10. The van der Waals surface area contributed by atoms with Crippen LogP contribution in [0.25, 0.3) is 22.2 Å². The van der Waals surface area contributed by atoms with Gasteiger partial charge in [0.05, 0.1) is 17.4 Å². The van der Waals surface area contributed by atoms with Gasteiger partial charge in [-0.15, -0.1) is 10.2 Å². The first-order valence-electron chi connectivity index (χ1n) is 7.91. The summed E-state index contributed by atoms with van der Waals surface area (Å²) in [5, 5.41) is 21.8. The summed E-state index contributed by atoms with van der Waals surface area (Å²) in [5.74, 6) is 0.553. The third-order valence-electron chi connectivity index (χ3n) is 3.96. The highest BCUT2D eigenvalue weighted by molar-refractivity contribution is 6.33. The molecule has 7 heteroatoms. The molecule has 2 N–H and O–H groups in total. The van der Waals surface area contributed by atoms with Gasteiger partial charge in [-0.3, -0.25) is 4.98 Å². The number of aryl methyl sites for hydroxylation is 1. The first kappa shape index (κ1) is 16.2. The van der Waals surface area contributed by atoms with E-state index in [9.17, 15) is 5.11 Å². The molecular weight excluding hydrogens is 350 g/mol. The first-order valence-corrected chi connectivity index (χ1v) is 8.29. The summed E-state index contributed by atoms with van der Waals surface area (Å²) >= 11 is 6.29. The van der Waals surface area contributed by atoms with Crippen LogP contribution in [-0.2, 0) is 0 Å². The van der Waals surface area contributed by atoms with Gasteiger partial charge in [0.1, 0.15) is 11.3 Å². The van der Waals surface area contributed by atoms with Gasteiger partial charge in [-0.1, -0.05) is 11.6 Å². The van der Waals surface area contributed by atoms with Gasteiger partial charge in [0, 0.05) is 16.8 Å². The van der Waals surface area contributed by atoms with E-state index in [0.29, 0.717) is 22.0 Å². The lowest BCUT2D eigenvalue weighted by Crippen LogP contribution is -2.00. The average Bonchev–Trinajstić information content (AvgIpc) is 2.64. The maximum absolute atomic E-state index is 9.77. The van der Waals surface area contributed by atoms with Crippen molar-refractivity contribution in [2.75, 3.05) is 5.32 Å². The van der Waals surface area contributed by atoms with E-state index in [1.807, 2.05) is 31.2 Å². The zero-order chi connectivity index (χ0) is 18.1. The highest BCUT2D eigenvalue weighted by Crippen LogP contribution is 2.34. The molecule has 0 fully saturated rings. The van der Waals surface area contributed by atoms with E-state index in [1.54, 1.807) is 30.6 Å². The van der Waals surface area contributed by atoms with E-state index < -0.39 is 0 Å². The summed E-state index contributed by atoms with van der Waals surface area (Å²) in [6.45, 7) is 1.96. The zero-order valence-electron chi connectivity index (χ0n) is 13.8. The molecule has 0 atom stereocenters. The standard InChI is InChI=1S/C19H14ClN5O/c1-11-7-17-18(9-14(11)15-8-13(26)4-5-16(15)20)24-25-19(23-17)22-12-3-2-6-21-10-12/h2-10,26H,1H3,(H,22,23,25). The monoisotopic (exact) mass is 363 g/mol. The first-order chi connectivity index (χ1) is 12.6. The second-order valence-electron chi connectivity index (χ2n) is 5.82. The number of nitrogens with zero attached hydrogens (tertiary/aromatic N) is 4. The number of benzene rings is 2. The molecule has 0 aliphatic heterocycles. The molecular formula is C19H14ClN5O. The van der Waals surface area contributed by atoms with Gasteiger partial charge in [-0.2, -0.15) is 0 Å². The minimum atomic E-state index is 0.157. The second-order valence-corrected chi connectivity index (χ2v) is 6.23. The van der Waals surface area contributed by atoms with Crippen molar-refractivity contribution >= 4 is 34.3 Å². The molecule has 0 saturated heterocycles. The quantitative estimate of drug-likeness (QED) is 0.557. The number of nitrogens with one attached hydrogen (secondary N) is 1. The van der Waals surface area contributed by atoms with Crippen molar-refractivity contribution in [1.82, 2.24) is 20.2 Å². The van der Waals surface area contributed by atoms with E-state index >= 15 is 0 Å². The lowest BCUT2D eigenvalue weighted by molar-refractivity contribution is 0.475. The smallest absolute Gasteiger partial charge is 0.247 e. The minimum absolute atomic E-state index is 0.157. The van der Waals surface area contributed by atoms with Crippen LogP contribution in [0.3, 0.4) is 0 Å². The van der Waals surface area contributed by atoms with Gasteiger partial charge in [0.15, 0.2) is 0 Å². The van der Waals surface area contributed by atoms with Gasteiger partial charge < -0.3 is 10.4 Å². The number of phenolic OH excluding ortho intramolecular Hbond substituents is 1. The Morgan fingerprint density at radius 3 is 2.69 bits per heavy atom. The number of halogens is 1. The molecule has 0 aliphatic carbocycles. The molecule has 0 unspecified atom stereocenters. The minimum Gasteiger partial charge on any atom is -0.508 e. The molecule has 0 saturated carbocycles. The fraction of sp³-hybridized carbons (Fsp3) is 0.0526. The molecule has 128 valence electrons. The van der Waals surface area contributed by atoms with Crippen molar-refractivity contribution < 1.29 is 5.11 Å². The lowest BCUT2D eigenvalue weighted by atomic mass is 9.99. The number of pyridine rings is 1. The number of fused-ring (bicyclic) bond motifs is 1. The summed E-state index contributed by atoms with van der Waals surface area (Å²) in [4.78, 5) is 8.56. The van der Waals surface area contributed by atoms with Crippen molar-refractivity contribution in [2.24, 2.45) is 0 Å². The average molecular weight is 364 g/mol. The van der Waals surface area contributed by atoms with Crippen molar-refractivity contribution in [3.05, 3.63) is 65.4 Å². The Morgan fingerprint density at radius 1 is 1.00 bits per heavy atom. The van der Waals surface area contributed by atoms with Crippen molar-refractivity contribution in [2.45, 2.75) is 6.92 Å². The van der Waals surface area contributed by atoms with E-state index in [-0.39, 0.29) is 5.75 Å². The number of hydrogen-bond donors (Lipinski definition) is 2. The van der Waals surface area contributed by atoms with E-state index in [0.717, 1.165) is 22.4 Å². The Labute approximate surface area is 154 Å². The molecule has 0 bridgehead atoms. The summed E-state index contributed by atoms with van der Waals surface area (Å²) in [6.07, 6.45) is 3.38. The van der Waals surface area contributed by atoms with E-state index in [2.05, 4.69) is 25.5 Å². The molecule has 0 aliphatic rings. The summed E-state index contributed by atoms with van der Waals surface area (Å²) < 4.78 is 0. The Kier molecular flexibility index (Phi) is 4.10. The van der Waals surface area contributed by atoms with Crippen LogP contribution in [0, 0.1) is 6.92 Å². The predicted molar refractivity (Wildman–Crippen MR) is 102 cm³/mol. The molecule has 2 aromatic carbocycles. The number of phenols is 1. The van der Waals surface area contributed by atoms with Crippen LogP contribution in [0.1, 0.15) is 5.56 Å². The van der Waals surface area contributed by atoms with Gasteiger partial charge in [-0.05, 0) is 60.5 Å². The molecule has 0 amide bonds. The summed E-state index contributed by atoms with van der Waals surface area (Å²) in [6, 6.07) is 12.4. The largest absolute Gasteiger partial charge is 0.508 e. The van der Waals surface area contributed by atoms with Crippen LogP contribution in [-0.4, -0.2) is 25.3 Å². The Balaban J connectivity index is 1.76. The van der Waals surface area contributed by atoms with Gasteiger partial charge in [-0.25, -0.2) is 4.98 Å². The summed E-state index contributed by atoms with van der Waals surface area (Å²) in [5.41, 5.74) is 4.73. The van der Waals surface area contributed by atoms with Crippen LogP contribution in [0.4, 0.5) is 11.6 Å². The van der Waals surface area contributed by atoms with Crippen molar-refractivity contribution in [1.29, 1.82) is 0 Å². The number of anilines is 2. The maximum Gasteiger partial charge on any atom is 0.247 e. The van der Waals surface area contributed by atoms with Crippen LogP contribution in [0.15, 0.2) is 54.9 Å². The third kappa shape index (κ3) is 3.14. The molecule has 0 spiro atoms. The maximum atomic E-state index is 9.77. The second kappa shape index (κ2) is 6.57. The van der Waals surface area contributed by atoms with Gasteiger partial charge >= 0.3 is 0 Å². The van der Waals surface area contributed by atoms with E-state index in [1.165, 1.54) is 0 Å². The molecule has 4 rings (SSSR count). The molecule has 6 nitrogen and oxygen atoms in total. The highest BCUT2D eigenvalue weighted by atomic mass is 35.5. The van der Waals surface area contributed by atoms with Crippen molar-refractivity contribution in [3.8, 4) is 16.9 Å². The Hall–Kier alpha value is -3.25. The highest BCUT2D eigenvalue weighted by Gasteiger charge is 2.11. The summed E-state index contributed by atoms with van der Waals surface area (Å²) in [7, 11) is 0. The fourth-order valence-electron chi connectivity index (χ4n) is 2.72. The van der Waals surface area contributed by atoms with Crippen LogP contribution >= 0.6 is 11.6 Å². The van der Waals surface area contributed by atoms with Gasteiger partial charge in [0.25, 0.3) is 0 Å².